The number of hydrogen-bond donors (Lipinski definition) is 0. The number of nitrogens with zero attached hydrogens (tertiary/aromatic N) is 2. The van der Waals surface area contributed by atoms with Crippen molar-refractivity contribution in [2.24, 2.45) is 0 Å². The predicted octanol–water partition coefficient (Wildman–Crippen LogP) is 16.5. The van der Waals surface area contributed by atoms with Gasteiger partial charge in [-0.15, -0.1) is 0 Å². The van der Waals surface area contributed by atoms with Gasteiger partial charge in [0.2, 0.25) is 0 Å². The maximum absolute atomic E-state index is 6.69. The minimum absolute atomic E-state index is 0.0241. The second kappa shape index (κ2) is 13.0. The summed E-state index contributed by atoms with van der Waals surface area (Å²) in [5.74, 6) is 0. The third-order valence-corrected chi connectivity index (χ3v) is 18.9. The summed E-state index contributed by atoms with van der Waals surface area (Å²) in [5.41, 5.74) is 30.4. The average molecular weight is 921 g/mol. The lowest BCUT2D eigenvalue weighted by Gasteiger charge is -2.43. The van der Waals surface area contributed by atoms with E-state index in [-0.39, 0.29) is 33.9 Å². The van der Waals surface area contributed by atoms with Crippen molar-refractivity contribution in [2.75, 3.05) is 4.81 Å². The topological polar surface area (TPSA) is 21.3 Å². The van der Waals surface area contributed by atoms with Gasteiger partial charge in [-0.05, 0) is 174 Å². The van der Waals surface area contributed by atoms with E-state index < -0.39 is 0 Å². The van der Waals surface area contributed by atoms with Gasteiger partial charge in [0.25, 0.3) is 0 Å². The molecular formula is C67H61BN2O. The first-order valence-corrected chi connectivity index (χ1v) is 26.2. The molecule has 0 spiro atoms. The van der Waals surface area contributed by atoms with E-state index in [4.69, 9.17) is 4.42 Å². The largest absolute Gasteiger partial charge is 0.456 e. The van der Waals surface area contributed by atoms with Crippen molar-refractivity contribution in [3.63, 3.8) is 0 Å². The summed E-state index contributed by atoms with van der Waals surface area (Å²) in [4.78, 5) is 2.76. The van der Waals surface area contributed by atoms with Gasteiger partial charge >= 0.3 is 6.85 Å². The Morgan fingerprint density at radius 1 is 0.507 bits per heavy atom. The lowest BCUT2D eigenvalue weighted by Crippen LogP contribution is -2.60. The zero-order valence-electron chi connectivity index (χ0n) is 43.4. The molecule has 4 heterocycles. The summed E-state index contributed by atoms with van der Waals surface area (Å²) in [5, 5.41) is 4.87. The van der Waals surface area contributed by atoms with E-state index in [1.54, 1.807) is 0 Å². The lowest BCUT2D eigenvalue weighted by atomic mass is 9.43. The van der Waals surface area contributed by atoms with E-state index >= 15 is 0 Å². The molecule has 5 aliphatic rings. The van der Waals surface area contributed by atoms with Crippen LogP contribution in [0.2, 0.25) is 0 Å². The summed E-state index contributed by atoms with van der Waals surface area (Å²) in [6, 6.07) is 50.4. The Morgan fingerprint density at radius 2 is 1.13 bits per heavy atom. The summed E-state index contributed by atoms with van der Waals surface area (Å²) >= 11 is 0. The third-order valence-electron chi connectivity index (χ3n) is 18.9. The number of rotatable bonds is 1. The van der Waals surface area contributed by atoms with Crippen LogP contribution in [0.1, 0.15) is 134 Å². The van der Waals surface area contributed by atoms with Crippen LogP contribution in [0.4, 0.5) is 11.4 Å². The van der Waals surface area contributed by atoms with Crippen LogP contribution < -0.4 is 15.7 Å². The second-order valence-corrected chi connectivity index (χ2v) is 25.6. The highest BCUT2D eigenvalue weighted by atomic mass is 16.3. The van der Waals surface area contributed by atoms with Gasteiger partial charge in [0.05, 0.1) is 11.0 Å². The van der Waals surface area contributed by atoms with Crippen molar-refractivity contribution in [1.82, 2.24) is 4.57 Å². The normalized spacial score (nSPS) is 17.9. The minimum atomic E-state index is -0.182. The fourth-order valence-electron chi connectivity index (χ4n) is 14.8. The smallest absolute Gasteiger partial charge is 0.333 e. The minimum Gasteiger partial charge on any atom is -0.456 e. The molecule has 10 aromatic rings. The summed E-state index contributed by atoms with van der Waals surface area (Å²) in [7, 11) is 0. The van der Waals surface area contributed by atoms with Crippen LogP contribution in [0.15, 0.2) is 132 Å². The lowest BCUT2D eigenvalue weighted by molar-refractivity contribution is 0.331. The molecule has 0 bridgehead atoms. The van der Waals surface area contributed by atoms with Gasteiger partial charge in [-0.25, -0.2) is 0 Å². The SMILES string of the molecule is Cc1cc2c3c4c1c1cc5oc6ccccc6c5cc1n4-c1cc4c(cc1B3N(c1ccc(C(C)(C)C)cc1)c1cc3c(cc1-2)C(C)(C)c1cc2c(cc1-3)C(C)(C)CCC2(C)C)C(C)(C)c1ccccc1-4. The first kappa shape index (κ1) is 42.0. The molecule has 0 radical (unpaired) electrons. The molecule has 0 N–H and O–H groups in total. The van der Waals surface area contributed by atoms with Crippen LogP contribution in [-0.2, 0) is 27.1 Å². The fourth-order valence-corrected chi connectivity index (χ4v) is 14.8. The summed E-state index contributed by atoms with van der Waals surface area (Å²) in [6.45, 7) is 29.0. The third kappa shape index (κ3) is 5.16. The number of fused-ring (bicyclic) bond motifs is 18. The van der Waals surface area contributed by atoms with Crippen molar-refractivity contribution in [1.29, 1.82) is 0 Å². The molecule has 0 unspecified atom stereocenters. The number of aromatic nitrogens is 1. The molecule has 0 fully saturated rings. The Kier molecular flexibility index (Phi) is 7.68. The molecule has 3 aliphatic carbocycles. The molecule has 348 valence electrons. The molecule has 3 nitrogen and oxygen atoms in total. The fraction of sp³-hybridized carbons (Fsp3) is 0.284. The van der Waals surface area contributed by atoms with Gasteiger partial charge in [0, 0.05) is 55.0 Å². The number of anilines is 2. The molecule has 0 saturated heterocycles. The Hall–Kier alpha value is -6.78. The van der Waals surface area contributed by atoms with Crippen molar-refractivity contribution in [2.45, 2.75) is 123 Å². The number of benzene rings is 8. The number of hydrogen-bond acceptors (Lipinski definition) is 2. The van der Waals surface area contributed by atoms with Gasteiger partial charge in [-0.3, -0.25) is 0 Å². The monoisotopic (exact) mass is 920 g/mol. The van der Waals surface area contributed by atoms with Crippen LogP contribution >= 0.6 is 0 Å². The molecule has 0 saturated carbocycles. The van der Waals surface area contributed by atoms with Crippen LogP contribution in [0.25, 0.3) is 82.8 Å². The molecule has 0 amide bonds. The average Bonchev–Trinajstić information content (AvgIpc) is 4.01. The van der Waals surface area contributed by atoms with E-state index in [1.807, 2.05) is 0 Å². The van der Waals surface area contributed by atoms with Crippen molar-refractivity contribution in [3.05, 3.63) is 172 Å². The van der Waals surface area contributed by atoms with Gasteiger partial charge in [0.15, 0.2) is 0 Å². The maximum atomic E-state index is 6.69. The van der Waals surface area contributed by atoms with Crippen molar-refractivity contribution < 1.29 is 4.42 Å². The molecule has 8 aromatic carbocycles. The van der Waals surface area contributed by atoms with Crippen LogP contribution in [-0.4, -0.2) is 11.4 Å². The zero-order chi connectivity index (χ0) is 48.8. The number of furan rings is 1. The highest BCUT2D eigenvalue weighted by Crippen LogP contribution is 2.58. The number of aryl methyl sites for hydroxylation is 1. The first-order valence-electron chi connectivity index (χ1n) is 26.2. The van der Waals surface area contributed by atoms with Crippen LogP contribution in [0.5, 0.6) is 0 Å². The maximum Gasteiger partial charge on any atom is 0.333 e. The predicted molar refractivity (Wildman–Crippen MR) is 301 cm³/mol. The van der Waals surface area contributed by atoms with Crippen molar-refractivity contribution in [3.8, 4) is 39.1 Å². The Morgan fingerprint density at radius 3 is 1.89 bits per heavy atom. The summed E-state index contributed by atoms with van der Waals surface area (Å²) in [6.07, 6.45) is 2.40. The van der Waals surface area contributed by atoms with Gasteiger partial charge in [0.1, 0.15) is 11.2 Å². The highest BCUT2D eigenvalue weighted by molar-refractivity contribution is 6.93. The van der Waals surface area contributed by atoms with E-state index in [0.29, 0.717) is 0 Å². The summed E-state index contributed by atoms with van der Waals surface area (Å²) < 4.78 is 9.36. The molecule has 2 aromatic heterocycles. The first-order chi connectivity index (χ1) is 33.7. The van der Waals surface area contributed by atoms with E-state index in [1.165, 1.54) is 141 Å². The Balaban J connectivity index is 1.10. The molecule has 4 heteroatoms. The van der Waals surface area contributed by atoms with Crippen molar-refractivity contribution >= 4 is 72.9 Å². The van der Waals surface area contributed by atoms with Gasteiger partial charge < -0.3 is 13.8 Å². The van der Waals surface area contributed by atoms with E-state index in [0.717, 1.165) is 21.9 Å². The molecule has 15 rings (SSSR count). The molecule has 0 atom stereocenters. The van der Waals surface area contributed by atoms with E-state index in [2.05, 4.69) is 220 Å². The number of para-hydroxylation sites is 1. The second-order valence-electron chi connectivity index (χ2n) is 25.6. The molecule has 2 aliphatic heterocycles. The van der Waals surface area contributed by atoms with Gasteiger partial charge in [-0.1, -0.05) is 149 Å². The standard InChI is InChI=1S/C67H61BN2O/c1-36-27-46-44-29-49-43(41-28-52-53(34-50(41)67(49,11)12)65(7,8)26-25-64(52,5)6)30-56(44)70(38-23-21-37(22-24-38)63(2,3)4)68-54-35-51-42(39-17-13-15-19-48(39)66(51,9)10)31-57(54)69-55-32-45-40-18-14-16-20-58(40)71-59(45)33-47(55)60(36)62(69)61(46)68/h13-24,27-35H,25-26H2,1-12H3. The quantitative estimate of drug-likeness (QED) is 0.153. The zero-order valence-corrected chi connectivity index (χ0v) is 43.4. The van der Waals surface area contributed by atoms with Crippen LogP contribution in [0, 0.1) is 6.92 Å². The Labute approximate surface area is 418 Å². The van der Waals surface area contributed by atoms with E-state index in [9.17, 15) is 0 Å². The van der Waals surface area contributed by atoms with Gasteiger partial charge in [-0.2, -0.15) is 0 Å². The Bertz CT molecular complexity index is 4100. The molecular weight excluding hydrogens is 860 g/mol. The van der Waals surface area contributed by atoms with Crippen LogP contribution in [0.3, 0.4) is 0 Å². The highest BCUT2D eigenvalue weighted by Gasteiger charge is 2.49. The molecule has 71 heavy (non-hydrogen) atoms.